The zero-order chi connectivity index (χ0) is 6.69. The first-order chi connectivity index (χ1) is 4.34. The van der Waals surface area contributed by atoms with E-state index in [2.05, 4.69) is 5.92 Å². The highest BCUT2D eigenvalue weighted by atomic mass is 16.3. The molecule has 1 aliphatic rings. The highest BCUT2D eigenvalue weighted by molar-refractivity contribution is 4.88. The van der Waals surface area contributed by atoms with Crippen LogP contribution < -0.4 is 0 Å². The minimum Gasteiger partial charge on any atom is -0.393 e. The SMILES string of the molecule is C#CCCC[C@H]1C[C@@H]1O. The third-order valence-corrected chi connectivity index (χ3v) is 1.78. The molecule has 1 fully saturated rings. The van der Waals surface area contributed by atoms with E-state index in [-0.39, 0.29) is 6.10 Å². The molecule has 0 unspecified atom stereocenters. The van der Waals surface area contributed by atoms with Crippen LogP contribution in [0.25, 0.3) is 0 Å². The minimum atomic E-state index is 0.00257. The van der Waals surface area contributed by atoms with Gasteiger partial charge >= 0.3 is 0 Å². The van der Waals surface area contributed by atoms with Gasteiger partial charge in [-0.15, -0.1) is 12.3 Å². The Morgan fingerprint density at radius 2 is 2.33 bits per heavy atom. The molecule has 1 aliphatic carbocycles. The first-order valence-corrected chi connectivity index (χ1v) is 3.46. The Balaban J connectivity index is 1.90. The predicted octanol–water partition coefficient (Wildman–Crippen LogP) is 1.17. The molecule has 0 radical (unpaired) electrons. The van der Waals surface area contributed by atoms with Crippen LogP contribution in [-0.4, -0.2) is 11.2 Å². The van der Waals surface area contributed by atoms with E-state index in [1.807, 2.05) is 0 Å². The van der Waals surface area contributed by atoms with Crippen LogP contribution in [0, 0.1) is 18.3 Å². The third-order valence-electron chi connectivity index (χ3n) is 1.78. The highest BCUT2D eigenvalue weighted by Crippen LogP contribution is 2.34. The topological polar surface area (TPSA) is 20.2 Å². The molecule has 1 nitrogen and oxygen atoms in total. The number of hydrogen-bond donors (Lipinski definition) is 1. The molecule has 1 rings (SSSR count). The van der Waals surface area contributed by atoms with E-state index >= 15 is 0 Å². The Bertz CT molecular complexity index is 123. The summed E-state index contributed by atoms with van der Waals surface area (Å²) in [5, 5.41) is 8.87. The molecule has 0 aromatic carbocycles. The molecular formula is C8H12O. The molecule has 1 N–H and O–H groups in total. The van der Waals surface area contributed by atoms with Crippen molar-refractivity contribution in [3.63, 3.8) is 0 Å². The summed E-state index contributed by atoms with van der Waals surface area (Å²) < 4.78 is 0. The molecule has 1 saturated carbocycles. The summed E-state index contributed by atoms with van der Waals surface area (Å²) in [4.78, 5) is 0. The second-order valence-electron chi connectivity index (χ2n) is 2.66. The molecule has 0 saturated heterocycles. The molecule has 2 atom stereocenters. The standard InChI is InChI=1S/C8H12O/c1-2-3-4-5-7-6-8(7)9/h1,7-9H,3-6H2/t7-,8-/m0/s1. The normalized spacial score (nSPS) is 31.6. The minimum absolute atomic E-state index is 0.00257. The quantitative estimate of drug-likeness (QED) is 0.442. The van der Waals surface area contributed by atoms with Crippen LogP contribution >= 0.6 is 0 Å². The maximum atomic E-state index is 8.87. The Labute approximate surface area is 56.1 Å². The third kappa shape index (κ3) is 2.07. The van der Waals surface area contributed by atoms with Crippen LogP contribution in [0.2, 0.25) is 0 Å². The fourth-order valence-corrected chi connectivity index (χ4v) is 1.01. The van der Waals surface area contributed by atoms with Crippen molar-refractivity contribution >= 4 is 0 Å². The van der Waals surface area contributed by atoms with Crippen molar-refractivity contribution in [2.45, 2.75) is 31.8 Å². The summed E-state index contributed by atoms with van der Waals surface area (Å²) in [5.41, 5.74) is 0. The molecule has 0 amide bonds. The molecule has 9 heavy (non-hydrogen) atoms. The summed E-state index contributed by atoms with van der Waals surface area (Å²) in [6, 6.07) is 0. The fourth-order valence-electron chi connectivity index (χ4n) is 1.01. The molecule has 0 bridgehead atoms. The lowest BCUT2D eigenvalue weighted by Crippen LogP contribution is -1.84. The summed E-state index contributed by atoms with van der Waals surface area (Å²) >= 11 is 0. The van der Waals surface area contributed by atoms with Crippen LogP contribution in [0.3, 0.4) is 0 Å². The Hall–Kier alpha value is -0.480. The number of terminal acetylenes is 1. The Morgan fingerprint density at radius 3 is 2.78 bits per heavy atom. The Kier molecular flexibility index (Phi) is 2.13. The predicted molar refractivity (Wildman–Crippen MR) is 36.8 cm³/mol. The van der Waals surface area contributed by atoms with Gasteiger partial charge in [0.05, 0.1) is 6.10 Å². The van der Waals surface area contributed by atoms with Gasteiger partial charge in [0.1, 0.15) is 0 Å². The molecule has 0 heterocycles. The van der Waals surface area contributed by atoms with Gasteiger partial charge in [-0.1, -0.05) is 0 Å². The smallest absolute Gasteiger partial charge is 0.0573 e. The fraction of sp³-hybridized carbons (Fsp3) is 0.750. The van der Waals surface area contributed by atoms with Crippen molar-refractivity contribution in [3.05, 3.63) is 0 Å². The van der Waals surface area contributed by atoms with E-state index < -0.39 is 0 Å². The van der Waals surface area contributed by atoms with Crippen molar-refractivity contribution in [3.8, 4) is 12.3 Å². The lowest BCUT2D eigenvalue weighted by atomic mass is 10.2. The van der Waals surface area contributed by atoms with Crippen LogP contribution in [-0.2, 0) is 0 Å². The second kappa shape index (κ2) is 2.89. The van der Waals surface area contributed by atoms with Gasteiger partial charge in [0.15, 0.2) is 0 Å². The molecule has 50 valence electrons. The highest BCUT2D eigenvalue weighted by Gasteiger charge is 2.33. The van der Waals surface area contributed by atoms with E-state index in [0.29, 0.717) is 5.92 Å². The van der Waals surface area contributed by atoms with E-state index in [9.17, 15) is 0 Å². The van der Waals surface area contributed by atoms with Crippen LogP contribution in [0.5, 0.6) is 0 Å². The lowest BCUT2D eigenvalue weighted by Gasteiger charge is -1.90. The van der Waals surface area contributed by atoms with Gasteiger partial charge in [0.2, 0.25) is 0 Å². The van der Waals surface area contributed by atoms with Gasteiger partial charge in [-0.2, -0.15) is 0 Å². The van der Waals surface area contributed by atoms with Gasteiger partial charge < -0.3 is 5.11 Å². The van der Waals surface area contributed by atoms with Crippen molar-refractivity contribution in [1.82, 2.24) is 0 Å². The first-order valence-electron chi connectivity index (χ1n) is 3.46. The average molecular weight is 124 g/mol. The molecule has 0 aromatic heterocycles. The van der Waals surface area contributed by atoms with Gasteiger partial charge in [-0.25, -0.2) is 0 Å². The number of hydrogen-bond acceptors (Lipinski definition) is 1. The van der Waals surface area contributed by atoms with Gasteiger partial charge in [-0.05, 0) is 25.2 Å². The van der Waals surface area contributed by atoms with E-state index in [1.54, 1.807) is 0 Å². The van der Waals surface area contributed by atoms with Crippen LogP contribution in [0.4, 0.5) is 0 Å². The number of aliphatic hydroxyl groups excluding tert-OH is 1. The van der Waals surface area contributed by atoms with E-state index in [4.69, 9.17) is 11.5 Å². The summed E-state index contributed by atoms with van der Waals surface area (Å²) in [7, 11) is 0. The summed E-state index contributed by atoms with van der Waals surface area (Å²) in [6.07, 6.45) is 9.13. The van der Waals surface area contributed by atoms with Gasteiger partial charge in [0, 0.05) is 6.42 Å². The van der Waals surface area contributed by atoms with Crippen LogP contribution in [0.1, 0.15) is 25.7 Å². The number of aliphatic hydroxyl groups is 1. The lowest BCUT2D eigenvalue weighted by molar-refractivity contribution is 0.256. The van der Waals surface area contributed by atoms with Crippen molar-refractivity contribution in [1.29, 1.82) is 0 Å². The summed E-state index contributed by atoms with van der Waals surface area (Å²) in [6.45, 7) is 0. The zero-order valence-electron chi connectivity index (χ0n) is 5.51. The van der Waals surface area contributed by atoms with E-state index in [0.717, 1.165) is 25.7 Å². The largest absolute Gasteiger partial charge is 0.393 e. The van der Waals surface area contributed by atoms with E-state index in [1.165, 1.54) is 0 Å². The van der Waals surface area contributed by atoms with Crippen molar-refractivity contribution < 1.29 is 5.11 Å². The first kappa shape index (κ1) is 6.64. The average Bonchev–Trinajstić information content (AvgIpc) is 2.48. The molecule has 0 spiro atoms. The maximum absolute atomic E-state index is 8.87. The summed E-state index contributed by atoms with van der Waals surface area (Å²) in [5.74, 6) is 3.17. The molecule has 0 aliphatic heterocycles. The zero-order valence-corrected chi connectivity index (χ0v) is 5.51. The van der Waals surface area contributed by atoms with Crippen molar-refractivity contribution in [2.24, 2.45) is 5.92 Å². The molecule has 0 aromatic rings. The maximum Gasteiger partial charge on any atom is 0.0573 e. The molecule has 1 heteroatoms. The van der Waals surface area contributed by atoms with Crippen LogP contribution in [0.15, 0.2) is 0 Å². The monoisotopic (exact) mass is 124 g/mol. The van der Waals surface area contributed by atoms with Crippen molar-refractivity contribution in [2.75, 3.05) is 0 Å². The molecular weight excluding hydrogens is 112 g/mol. The second-order valence-corrected chi connectivity index (χ2v) is 2.66. The van der Waals surface area contributed by atoms with Gasteiger partial charge in [0.25, 0.3) is 0 Å². The number of rotatable bonds is 3. The Morgan fingerprint density at radius 1 is 1.67 bits per heavy atom. The number of unbranched alkanes of at least 4 members (excludes halogenated alkanes) is 1. The van der Waals surface area contributed by atoms with Gasteiger partial charge in [-0.3, -0.25) is 0 Å².